The number of carbonyl (C=O) groups excluding carboxylic acids is 1. The van der Waals surface area contributed by atoms with E-state index < -0.39 is 0 Å². The Bertz CT molecular complexity index is 339. The van der Waals surface area contributed by atoms with Crippen LogP contribution in [-0.2, 0) is 4.74 Å². The summed E-state index contributed by atoms with van der Waals surface area (Å²) in [5, 5.41) is 2.94. The Kier molecular flexibility index (Phi) is 3.95. The molecule has 0 radical (unpaired) electrons. The molecule has 76 valence electrons. The summed E-state index contributed by atoms with van der Waals surface area (Å²) < 4.78 is 5.79. The summed E-state index contributed by atoms with van der Waals surface area (Å²) in [4.78, 5) is 11.5. The van der Waals surface area contributed by atoms with E-state index in [-0.39, 0.29) is 5.97 Å². The van der Waals surface area contributed by atoms with Gasteiger partial charge in [0.05, 0.1) is 12.2 Å². The molecule has 0 atom stereocenters. The van der Waals surface area contributed by atoms with Crippen molar-refractivity contribution < 1.29 is 9.53 Å². The molecule has 1 rings (SSSR count). The standard InChI is InChI=1S/C10H12BrNO2/c1-3-14-10(13)8-6-7(11)4-5-9(8)12-2/h4-6,12H,3H2,1-2H3. The lowest BCUT2D eigenvalue weighted by Gasteiger charge is -2.08. The van der Waals surface area contributed by atoms with Gasteiger partial charge in [-0.25, -0.2) is 4.79 Å². The Morgan fingerprint density at radius 2 is 2.29 bits per heavy atom. The summed E-state index contributed by atoms with van der Waals surface area (Å²) in [7, 11) is 1.77. The molecule has 14 heavy (non-hydrogen) atoms. The summed E-state index contributed by atoms with van der Waals surface area (Å²) >= 11 is 3.31. The topological polar surface area (TPSA) is 38.3 Å². The minimum Gasteiger partial charge on any atom is -0.462 e. The zero-order valence-corrected chi connectivity index (χ0v) is 9.72. The van der Waals surface area contributed by atoms with Gasteiger partial charge in [0.2, 0.25) is 0 Å². The lowest BCUT2D eigenvalue weighted by Crippen LogP contribution is -2.07. The van der Waals surface area contributed by atoms with Crippen molar-refractivity contribution in [2.75, 3.05) is 19.0 Å². The Labute approximate surface area is 91.6 Å². The molecule has 4 heteroatoms. The molecule has 0 fully saturated rings. The average Bonchev–Trinajstić information content (AvgIpc) is 2.18. The van der Waals surface area contributed by atoms with Crippen molar-refractivity contribution in [3.05, 3.63) is 28.2 Å². The number of hydrogen-bond donors (Lipinski definition) is 1. The number of ether oxygens (including phenoxy) is 1. The van der Waals surface area contributed by atoms with Crippen LogP contribution in [0.4, 0.5) is 5.69 Å². The van der Waals surface area contributed by atoms with E-state index in [4.69, 9.17) is 4.74 Å². The number of rotatable bonds is 3. The van der Waals surface area contributed by atoms with Crippen molar-refractivity contribution in [2.24, 2.45) is 0 Å². The van der Waals surface area contributed by atoms with Crippen LogP contribution in [0, 0.1) is 0 Å². The molecule has 0 aliphatic rings. The van der Waals surface area contributed by atoms with Crippen molar-refractivity contribution in [2.45, 2.75) is 6.92 Å². The fourth-order valence-corrected chi connectivity index (χ4v) is 1.47. The Morgan fingerprint density at radius 1 is 1.57 bits per heavy atom. The van der Waals surface area contributed by atoms with E-state index in [9.17, 15) is 4.79 Å². The van der Waals surface area contributed by atoms with E-state index in [2.05, 4.69) is 21.2 Å². The van der Waals surface area contributed by atoms with E-state index >= 15 is 0 Å². The van der Waals surface area contributed by atoms with Gasteiger partial charge in [-0.05, 0) is 25.1 Å². The van der Waals surface area contributed by atoms with E-state index in [1.165, 1.54) is 0 Å². The number of halogens is 1. The summed E-state index contributed by atoms with van der Waals surface area (Å²) in [6.45, 7) is 2.17. The molecule has 1 N–H and O–H groups in total. The maximum absolute atomic E-state index is 11.5. The Hall–Kier alpha value is -1.03. The normalized spacial score (nSPS) is 9.64. The molecule has 1 aromatic carbocycles. The van der Waals surface area contributed by atoms with Crippen LogP contribution < -0.4 is 5.32 Å². The van der Waals surface area contributed by atoms with Gasteiger partial charge in [-0.2, -0.15) is 0 Å². The smallest absolute Gasteiger partial charge is 0.340 e. The number of nitrogens with one attached hydrogen (secondary N) is 1. The molecule has 0 aromatic heterocycles. The van der Waals surface area contributed by atoms with Crippen molar-refractivity contribution >= 4 is 27.6 Å². The molecular weight excluding hydrogens is 246 g/mol. The summed E-state index contributed by atoms with van der Waals surface area (Å²) in [6.07, 6.45) is 0. The molecule has 0 bridgehead atoms. The summed E-state index contributed by atoms with van der Waals surface area (Å²) in [6, 6.07) is 5.44. The predicted octanol–water partition coefficient (Wildman–Crippen LogP) is 2.67. The Balaban J connectivity index is 3.03. The highest BCUT2D eigenvalue weighted by Gasteiger charge is 2.11. The predicted molar refractivity (Wildman–Crippen MR) is 59.6 cm³/mol. The van der Waals surface area contributed by atoms with Crippen LogP contribution in [0.3, 0.4) is 0 Å². The first kappa shape index (κ1) is 11.0. The van der Waals surface area contributed by atoms with Gasteiger partial charge in [0.25, 0.3) is 0 Å². The Morgan fingerprint density at radius 3 is 2.86 bits per heavy atom. The first-order valence-corrected chi connectivity index (χ1v) is 5.12. The molecule has 0 spiro atoms. The SMILES string of the molecule is CCOC(=O)c1cc(Br)ccc1NC. The number of anilines is 1. The lowest BCUT2D eigenvalue weighted by atomic mass is 10.2. The number of carbonyl (C=O) groups is 1. The van der Waals surface area contributed by atoms with Crippen LogP contribution in [-0.4, -0.2) is 19.6 Å². The molecule has 0 amide bonds. The molecular formula is C10H12BrNO2. The van der Waals surface area contributed by atoms with Crippen molar-refractivity contribution in [3.8, 4) is 0 Å². The average molecular weight is 258 g/mol. The highest BCUT2D eigenvalue weighted by atomic mass is 79.9. The molecule has 0 heterocycles. The molecule has 0 aliphatic heterocycles. The van der Waals surface area contributed by atoms with E-state index in [0.29, 0.717) is 12.2 Å². The quantitative estimate of drug-likeness (QED) is 0.847. The fourth-order valence-electron chi connectivity index (χ4n) is 1.11. The van der Waals surface area contributed by atoms with Crippen molar-refractivity contribution in [1.29, 1.82) is 0 Å². The molecule has 3 nitrogen and oxygen atoms in total. The minimum atomic E-state index is -0.307. The van der Waals surface area contributed by atoms with Gasteiger partial charge in [-0.3, -0.25) is 0 Å². The fraction of sp³-hybridized carbons (Fsp3) is 0.300. The van der Waals surface area contributed by atoms with E-state index in [1.807, 2.05) is 12.1 Å². The zero-order chi connectivity index (χ0) is 10.6. The number of benzene rings is 1. The van der Waals surface area contributed by atoms with Crippen LogP contribution in [0.2, 0.25) is 0 Å². The van der Waals surface area contributed by atoms with Crippen molar-refractivity contribution in [3.63, 3.8) is 0 Å². The van der Waals surface area contributed by atoms with Crippen LogP contribution in [0.15, 0.2) is 22.7 Å². The second kappa shape index (κ2) is 5.00. The van der Waals surface area contributed by atoms with Crippen LogP contribution in [0.1, 0.15) is 17.3 Å². The molecule has 0 saturated carbocycles. The summed E-state index contributed by atoms with van der Waals surface area (Å²) in [5.41, 5.74) is 1.32. The van der Waals surface area contributed by atoms with Gasteiger partial charge < -0.3 is 10.1 Å². The number of hydrogen-bond acceptors (Lipinski definition) is 3. The van der Waals surface area contributed by atoms with Gasteiger partial charge in [-0.15, -0.1) is 0 Å². The van der Waals surface area contributed by atoms with Crippen molar-refractivity contribution in [1.82, 2.24) is 0 Å². The zero-order valence-electron chi connectivity index (χ0n) is 8.13. The maximum atomic E-state index is 11.5. The number of esters is 1. The second-order valence-electron chi connectivity index (χ2n) is 2.66. The maximum Gasteiger partial charge on any atom is 0.340 e. The third-order valence-electron chi connectivity index (χ3n) is 1.75. The van der Waals surface area contributed by atoms with Crippen LogP contribution >= 0.6 is 15.9 Å². The summed E-state index contributed by atoms with van der Waals surface area (Å²) in [5.74, 6) is -0.307. The molecule has 0 unspecified atom stereocenters. The minimum absolute atomic E-state index is 0.307. The second-order valence-corrected chi connectivity index (χ2v) is 3.58. The van der Waals surface area contributed by atoms with Crippen LogP contribution in [0.5, 0.6) is 0 Å². The van der Waals surface area contributed by atoms with Gasteiger partial charge >= 0.3 is 5.97 Å². The van der Waals surface area contributed by atoms with Gasteiger partial charge in [-0.1, -0.05) is 15.9 Å². The monoisotopic (exact) mass is 257 g/mol. The van der Waals surface area contributed by atoms with Gasteiger partial charge in [0, 0.05) is 17.2 Å². The third kappa shape index (κ3) is 2.48. The first-order chi connectivity index (χ1) is 6.69. The van der Waals surface area contributed by atoms with Crippen LogP contribution in [0.25, 0.3) is 0 Å². The highest BCUT2D eigenvalue weighted by Crippen LogP contribution is 2.21. The third-order valence-corrected chi connectivity index (χ3v) is 2.24. The largest absolute Gasteiger partial charge is 0.462 e. The highest BCUT2D eigenvalue weighted by molar-refractivity contribution is 9.10. The molecule has 0 saturated heterocycles. The van der Waals surface area contributed by atoms with E-state index in [1.54, 1.807) is 20.0 Å². The first-order valence-electron chi connectivity index (χ1n) is 4.33. The van der Waals surface area contributed by atoms with Gasteiger partial charge in [0.15, 0.2) is 0 Å². The molecule has 0 aliphatic carbocycles. The van der Waals surface area contributed by atoms with E-state index in [0.717, 1.165) is 10.2 Å². The lowest BCUT2D eigenvalue weighted by molar-refractivity contribution is 0.0527. The van der Waals surface area contributed by atoms with Gasteiger partial charge in [0.1, 0.15) is 0 Å². The molecule has 1 aromatic rings.